The minimum Gasteiger partial charge on any atom is -0.489 e. The van der Waals surface area contributed by atoms with Gasteiger partial charge < -0.3 is 19.9 Å². The van der Waals surface area contributed by atoms with Crippen molar-refractivity contribution in [3.8, 4) is 5.75 Å². The van der Waals surface area contributed by atoms with Crippen molar-refractivity contribution in [3.05, 3.63) is 101 Å². The first-order chi connectivity index (χ1) is 14.2. The second-order valence-electron chi connectivity index (χ2n) is 6.73. The largest absolute Gasteiger partial charge is 0.489 e. The van der Waals surface area contributed by atoms with Crippen LogP contribution in [-0.4, -0.2) is 13.2 Å². The Bertz CT molecular complexity index is 842. The van der Waals surface area contributed by atoms with Crippen LogP contribution in [0, 0.1) is 0 Å². The van der Waals surface area contributed by atoms with Crippen LogP contribution < -0.4 is 10.5 Å². The van der Waals surface area contributed by atoms with Gasteiger partial charge in [0.1, 0.15) is 12.4 Å². The molecule has 2 N–H and O–H groups in total. The van der Waals surface area contributed by atoms with Gasteiger partial charge >= 0.3 is 0 Å². The van der Waals surface area contributed by atoms with Crippen molar-refractivity contribution in [1.82, 2.24) is 0 Å². The zero-order chi connectivity index (χ0) is 20.5. The Balaban J connectivity index is 1.63. The van der Waals surface area contributed by atoms with Crippen LogP contribution in [0.15, 0.2) is 78.9 Å². The number of benzene rings is 3. The van der Waals surface area contributed by atoms with Crippen molar-refractivity contribution in [1.29, 1.82) is 0 Å². The van der Waals surface area contributed by atoms with Gasteiger partial charge in [0.15, 0.2) is 6.29 Å². The van der Waals surface area contributed by atoms with E-state index in [9.17, 15) is 0 Å². The lowest BCUT2D eigenvalue weighted by Crippen LogP contribution is -2.13. The topological polar surface area (TPSA) is 53.7 Å². The first-order valence-corrected chi connectivity index (χ1v) is 10.1. The number of hydrogen-bond donors (Lipinski definition) is 1. The van der Waals surface area contributed by atoms with Crippen LogP contribution >= 0.6 is 0 Å². The summed E-state index contributed by atoms with van der Waals surface area (Å²) in [5.74, 6) is 0.830. The van der Waals surface area contributed by atoms with Crippen LogP contribution in [0.1, 0.15) is 48.4 Å². The Morgan fingerprint density at radius 1 is 0.690 bits per heavy atom. The molecule has 1 unspecified atom stereocenters. The van der Waals surface area contributed by atoms with E-state index in [-0.39, 0.29) is 12.3 Å². The molecule has 152 valence electrons. The SMILES string of the molecule is CCOC(OCC)c1ccc(C(N)c2ccc(OCc3ccccc3)cc2)cc1. The molecule has 0 radical (unpaired) electrons. The maximum Gasteiger partial charge on any atom is 0.183 e. The summed E-state index contributed by atoms with van der Waals surface area (Å²) < 4.78 is 17.2. The maximum atomic E-state index is 6.47. The zero-order valence-corrected chi connectivity index (χ0v) is 17.1. The van der Waals surface area contributed by atoms with Crippen LogP contribution in [-0.2, 0) is 16.1 Å². The highest BCUT2D eigenvalue weighted by Crippen LogP contribution is 2.25. The molecule has 0 fully saturated rings. The second kappa shape index (κ2) is 10.8. The first kappa shape index (κ1) is 21.1. The molecule has 4 heteroatoms. The van der Waals surface area contributed by atoms with Gasteiger partial charge in [-0.15, -0.1) is 0 Å². The zero-order valence-electron chi connectivity index (χ0n) is 17.1. The molecule has 0 aliphatic heterocycles. The van der Waals surface area contributed by atoms with Gasteiger partial charge in [0.05, 0.1) is 6.04 Å². The Kier molecular flexibility index (Phi) is 7.82. The van der Waals surface area contributed by atoms with Crippen molar-refractivity contribution in [3.63, 3.8) is 0 Å². The average Bonchev–Trinajstić information content (AvgIpc) is 2.78. The molecule has 0 aliphatic rings. The van der Waals surface area contributed by atoms with Gasteiger partial charge in [-0.05, 0) is 42.7 Å². The highest BCUT2D eigenvalue weighted by atomic mass is 16.7. The van der Waals surface area contributed by atoms with Crippen molar-refractivity contribution in [2.75, 3.05) is 13.2 Å². The number of hydrogen-bond acceptors (Lipinski definition) is 4. The average molecular weight is 392 g/mol. The molecular formula is C25H29NO3. The molecular weight excluding hydrogens is 362 g/mol. The molecule has 0 saturated heterocycles. The summed E-state index contributed by atoms with van der Waals surface area (Å²) >= 11 is 0. The fourth-order valence-electron chi connectivity index (χ4n) is 3.11. The van der Waals surface area contributed by atoms with Crippen LogP contribution in [0.25, 0.3) is 0 Å². The predicted molar refractivity (Wildman–Crippen MR) is 116 cm³/mol. The van der Waals surface area contributed by atoms with Crippen molar-refractivity contribution >= 4 is 0 Å². The van der Waals surface area contributed by atoms with Gasteiger partial charge in [0.2, 0.25) is 0 Å². The van der Waals surface area contributed by atoms with E-state index in [1.807, 2.05) is 80.6 Å². The molecule has 4 nitrogen and oxygen atoms in total. The lowest BCUT2D eigenvalue weighted by atomic mass is 9.98. The third-order valence-electron chi connectivity index (χ3n) is 4.69. The minimum absolute atomic E-state index is 0.204. The standard InChI is InChI=1S/C25H29NO3/c1-3-27-25(28-4-2)22-12-10-20(11-13-22)24(26)21-14-16-23(17-15-21)29-18-19-8-6-5-7-9-19/h5-17,24-25H,3-4,18,26H2,1-2H3. The molecule has 3 rings (SSSR count). The van der Waals surface area contributed by atoms with E-state index >= 15 is 0 Å². The molecule has 29 heavy (non-hydrogen) atoms. The predicted octanol–water partition coefficient (Wildman–Crippen LogP) is 5.39. The fourth-order valence-corrected chi connectivity index (χ4v) is 3.11. The van der Waals surface area contributed by atoms with Gasteiger partial charge in [-0.25, -0.2) is 0 Å². The van der Waals surface area contributed by atoms with E-state index in [1.54, 1.807) is 0 Å². The van der Waals surface area contributed by atoms with E-state index in [2.05, 4.69) is 12.1 Å². The summed E-state index contributed by atoms with van der Waals surface area (Å²) in [6.45, 7) is 5.68. The molecule has 0 amide bonds. The molecule has 0 bridgehead atoms. The Morgan fingerprint density at radius 3 is 1.76 bits per heavy atom. The van der Waals surface area contributed by atoms with E-state index in [0.29, 0.717) is 19.8 Å². The van der Waals surface area contributed by atoms with Crippen LogP contribution in [0.3, 0.4) is 0 Å². The summed E-state index contributed by atoms with van der Waals surface area (Å²) in [6, 6.07) is 26.0. The summed E-state index contributed by atoms with van der Waals surface area (Å²) in [5, 5.41) is 0. The van der Waals surface area contributed by atoms with E-state index in [1.165, 1.54) is 0 Å². The normalized spacial score (nSPS) is 12.1. The molecule has 3 aromatic rings. The smallest absolute Gasteiger partial charge is 0.183 e. The van der Waals surface area contributed by atoms with E-state index in [0.717, 1.165) is 28.0 Å². The monoisotopic (exact) mass is 391 g/mol. The number of rotatable bonds is 10. The first-order valence-electron chi connectivity index (χ1n) is 10.1. The number of nitrogens with two attached hydrogens (primary N) is 1. The molecule has 0 spiro atoms. The van der Waals surface area contributed by atoms with Crippen molar-refractivity contribution in [2.45, 2.75) is 32.8 Å². The molecule has 0 aliphatic carbocycles. The highest BCUT2D eigenvalue weighted by molar-refractivity contribution is 5.36. The molecule has 0 heterocycles. The van der Waals surface area contributed by atoms with Crippen LogP contribution in [0.2, 0.25) is 0 Å². The molecule has 1 atom stereocenters. The van der Waals surface area contributed by atoms with Gasteiger partial charge in [-0.2, -0.15) is 0 Å². The Hall–Kier alpha value is -2.66. The molecule has 0 aromatic heterocycles. The highest BCUT2D eigenvalue weighted by Gasteiger charge is 2.13. The quantitative estimate of drug-likeness (QED) is 0.471. The lowest BCUT2D eigenvalue weighted by molar-refractivity contribution is -0.140. The summed E-state index contributed by atoms with van der Waals surface area (Å²) in [7, 11) is 0. The van der Waals surface area contributed by atoms with Gasteiger partial charge in [-0.3, -0.25) is 0 Å². The summed E-state index contributed by atoms with van der Waals surface area (Å²) in [5.41, 5.74) is 10.7. The maximum absolute atomic E-state index is 6.47. The third-order valence-corrected chi connectivity index (χ3v) is 4.69. The summed E-state index contributed by atoms with van der Waals surface area (Å²) in [4.78, 5) is 0. The molecule has 0 saturated carbocycles. The van der Waals surface area contributed by atoms with Crippen LogP contribution in [0.4, 0.5) is 0 Å². The fraction of sp³-hybridized carbons (Fsp3) is 0.280. The summed E-state index contributed by atoms with van der Waals surface area (Å²) in [6.07, 6.45) is -0.337. The molecule has 3 aromatic carbocycles. The van der Waals surface area contributed by atoms with Gasteiger partial charge in [0.25, 0.3) is 0 Å². The lowest BCUT2D eigenvalue weighted by Gasteiger charge is -2.19. The van der Waals surface area contributed by atoms with Crippen LogP contribution in [0.5, 0.6) is 5.75 Å². The third kappa shape index (κ3) is 5.91. The number of ether oxygens (including phenoxy) is 3. The van der Waals surface area contributed by atoms with E-state index < -0.39 is 0 Å². The Morgan fingerprint density at radius 2 is 1.21 bits per heavy atom. The Labute approximate surface area is 173 Å². The van der Waals surface area contributed by atoms with Crippen molar-refractivity contribution in [2.24, 2.45) is 5.73 Å². The minimum atomic E-state index is -0.337. The van der Waals surface area contributed by atoms with Gasteiger partial charge in [0, 0.05) is 18.8 Å². The second-order valence-corrected chi connectivity index (χ2v) is 6.73. The van der Waals surface area contributed by atoms with Crippen molar-refractivity contribution < 1.29 is 14.2 Å². The van der Waals surface area contributed by atoms with E-state index in [4.69, 9.17) is 19.9 Å². The van der Waals surface area contributed by atoms with Gasteiger partial charge in [-0.1, -0.05) is 66.7 Å².